The third kappa shape index (κ3) is 4.93. The fourth-order valence-electron chi connectivity index (χ4n) is 3.74. The normalized spacial score (nSPS) is 18.8. The molecule has 0 N–H and O–H groups in total. The second-order valence-electron chi connectivity index (χ2n) is 7.87. The first-order valence-electron chi connectivity index (χ1n) is 9.69. The van der Waals surface area contributed by atoms with Crippen LogP contribution in [0.5, 0.6) is 0 Å². The number of imidazole rings is 1. The molecule has 0 spiro atoms. The second-order valence-corrected chi connectivity index (χ2v) is 7.87. The van der Waals surface area contributed by atoms with Gasteiger partial charge in [0.2, 0.25) is 0 Å². The summed E-state index contributed by atoms with van der Waals surface area (Å²) < 4.78 is 2.23. The number of nitrogens with zero attached hydrogens (tertiary/aromatic N) is 5. The van der Waals surface area contributed by atoms with E-state index in [1.165, 1.54) is 30.6 Å². The fraction of sp³-hybridized carbons (Fsp3) is 0.571. The highest BCUT2D eigenvalue weighted by Gasteiger charge is 2.24. The number of likely N-dealkylation sites (tertiary alicyclic amines) is 1. The Kier molecular flexibility index (Phi) is 6.46. The molecule has 2 heterocycles. The Bertz CT molecular complexity index is 693. The Labute approximate surface area is 158 Å². The van der Waals surface area contributed by atoms with Gasteiger partial charge in [0.15, 0.2) is 0 Å². The first kappa shape index (κ1) is 19.1. The molecule has 0 amide bonds. The van der Waals surface area contributed by atoms with Crippen molar-refractivity contribution in [2.24, 2.45) is 0 Å². The van der Waals surface area contributed by atoms with Gasteiger partial charge in [0.25, 0.3) is 0 Å². The van der Waals surface area contributed by atoms with E-state index in [1.54, 1.807) is 0 Å². The van der Waals surface area contributed by atoms with Crippen LogP contribution >= 0.6 is 0 Å². The monoisotopic (exact) mass is 355 g/mol. The Morgan fingerprint density at radius 3 is 2.81 bits per heavy atom. The van der Waals surface area contributed by atoms with Crippen LogP contribution in [0.3, 0.4) is 0 Å². The van der Waals surface area contributed by atoms with Crippen LogP contribution in [-0.4, -0.2) is 77.6 Å². The van der Waals surface area contributed by atoms with Gasteiger partial charge >= 0.3 is 0 Å². The summed E-state index contributed by atoms with van der Waals surface area (Å²) >= 11 is 0. The average molecular weight is 356 g/mol. The SMILES string of the molecule is Cc1cccc(-n2ccnc2CN2CCCC(N(C)CCN(C)C)C2)c1. The lowest BCUT2D eigenvalue weighted by molar-refractivity contribution is 0.104. The molecule has 1 unspecified atom stereocenters. The highest BCUT2D eigenvalue weighted by atomic mass is 15.2. The molecule has 5 nitrogen and oxygen atoms in total. The van der Waals surface area contributed by atoms with E-state index in [1.807, 2.05) is 6.20 Å². The lowest BCUT2D eigenvalue weighted by atomic mass is 10.0. The summed E-state index contributed by atoms with van der Waals surface area (Å²) in [5, 5.41) is 0. The first-order chi connectivity index (χ1) is 12.5. The van der Waals surface area contributed by atoms with E-state index in [9.17, 15) is 0 Å². The van der Waals surface area contributed by atoms with E-state index < -0.39 is 0 Å². The molecule has 1 aliphatic heterocycles. The first-order valence-corrected chi connectivity index (χ1v) is 9.69. The van der Waals surface area contributed by atoms with Gasteiger partial charge in [-0.25, -0.2) is 4.98 Å². The number of rotatable bonds is 7. The van der Waals surface area contributed by atoms with Gasteiger partial charge in [0, 0.05) is 43.8 Å². The Hall–Kier alpha value is -1.69. The number of aryl methyl sites for hydroxylation is 1. The molecule has 0 saturated carbocycles. The van der Waals surface area contributed by atoms with E-state index >= 15 is 0 Å². The van der Waals surface area contributed by atoms with E-state index in [4.69, 9.17) is 0 Å². The van der Waals surface area contributed by atoms with Gasteiger partial charge in [-0.15, -0.1) is 0 Å². The molecule has 1 aromatic carbocycles. The summed E-state index contributed by atoms with van der Waals surface area (Å²) in [4.78, 5) is 12.0. The van der Waals surface area contributed by atoms with Gasteiger partial charge in [-0.05, 0) is 65.1 Å². The quantitative estimate of drug-likeness (QED) is 0.763. The van der Waals surface area contributed by atoms with Gasteiger partial charge in [0.05, 0.1) is 6.54 Å². The number of benzene rings is 1. The van der Waals surface area contributed by atoms with Crippen LogP contribution in [0.4, 0.5) is 0 Å². The Morgan fingerprint density at radius 1 is 1.19 bits per heavy atom. The lowest BCUT2D eigenvalue weighted by Crippen LogP contribution is -2.47. The van der Waals surface area contributed by atoms with Crippen LogP contribution < -0.4 is 0 Å². The van der Waals surface area contributed by atoms with E-state index in [0.29, 0.717) is 6.04 Å². The van der Waals surface area contributed by atoms with Crippen LogP contribution in [0.25, 0.3) is 5.69 Å². The predicted molar refractivity (Wildman–Crippen MR) is 108 cm³/mol. The van der Waals surface area contributed by atoms with Crippen LogP contribution in [0.15, 0.2) is 36.7 Å². The van der Waals surface area contributed by atoms with Crippen molar-refractivity contribution in [1.29, 1.82) is 0 Å². The number of aromatic nitrogens is 2. The maximum absolute atomic E-state index is 4.65. The summed E-state index contributed by atoms with van der Waals surface area (Å²) in [5.41, 5.74) is 2.48. The summed E-state index contributed by atoms with van der Waals surface area (Å²) in [5.74, 6) is 1.13. The molecular formula is C21H33N5. The number of piperidine rings is 1. The minimum absolute atomic E-state index is 0.645. The zero-order valence-electron chi connectivity index (χ0n) is 16.7. The van der Waals surface area contributed by atoms with Crippen molar-refractivity contribution in [2.75, 3.05) is 47.3 Å². The molecule has 5 heteroatoms. The molecule has 0 aliphatic carbocycles. The topological polar surface area (TPSA) is 27.5 Å². The van der Waals surface area contributed by atoms with Gasteiger partial charge in [0.1, 0.15) is 5.82 Å². The molecule has 26 heavy (non-hydrogen) atoms. The van der Waals surface area contributed by atoms with Gasteiger partial charge in [-0.3, -0.25) is 4.90 Å². The molecule has 1 aromatic heterocycles. The minimum Gasteiger partial charge on any atom is -0.308 e. The number of likely N-dealkylation sites (N-methyl/N-ethyl adjacent to an activating group) is 2. The van der Waals surface area contributed by atoms with E-state index in [-0.39, 0.29) is 0 Å². The number of hydrogen-bond acceptors (Lipinski definition) is 4. The number of hydrogen-bond donors (Lipinski definition) is 0. The lowest BCUT2D eigenvalue weighted by Gasteiger charge is -2.38. The second kappa shape index (κ2) is 8.80. The van der Waals surface area contributed by atoms with Crippen molar-refractivity contribution in [3.63, 3.8) is 0 Å². The highest BCUT2D eigenvalue weighted by Crippen LogP contribution is 2.19. The molecular weight excluding hydrogens is 322 g/mol. The summed E-state index contributed by atoms with van der Waals surface area (Å²) in [6.07, 6.45) is 6.56. The molecule has 1 fully saturated rings. The van der Waals surface area contributed by atoms with E-state index in [0.717, 1.165) is 32.0 Å². The highest BCUT2D eigenvalue weighted by molar-refractivity contribution is 5.36. The van der Waals surface area contributed by atoms with Crippen LogP contribution in [0.2, 0.25) is 0 Å². The van der Waals surface area contributed by atoms with Crippen molar-refractivity contribution in [2.45, 2.75) is 32.4 Å². The Balaban J connectivity index is 1.63. The third-order valence-corrected chi connectivity index (χ3v) is 5.37. The zero-order chi connectivity index (χ0) is 18.5. The zero-order valence-corrected chi connectivity index (χ0v) is 16.7. The summed E-state index contributed by atoms with van der Waals surface area (Å²) in [6, 6.07) is 9.28. The van der Waals surface area contributed by atoms with Crippen LogP contribution in [0, 0.1) is 6.92 Å². The molecule has 142 valence electrons. The van der Waals surface area contributed by atoms with Crippen LogP contribution in [-0.2, 0) is 6.54 Å². The van der Waals surface area contributed by atoms with E-state index in [2.05, 4.69) is 82.8 Å². The summed E-state index contributed by atoms with van der Waals surface area (Å²) in [6.45, 7) is 7.59. The van der Waals surface area contributed by atoms with Crippen LogP contribution in [0.1, 0.15) is 24.2 Å². The standard InChI is InChI=1S/C21H33N5/c1-18-7-5-8-19(15-18)26-12-10-22-21(26)17-25-11-6-9-20(16-25)24(4)14-13-23(2)3/h5,7-8,10,12,15,20H,6,9,11,13-14,16-17H2,1-4H3. The molecule has 2 aromatic rings. The van der Waals surface area contributed by atoms with Gasteiger partial charge in [-0.1, -0.05) is 12.1 Å². The molecule has 3 rings (SSSR count). The smallest absolute Gasteiger partial charge is 0.127 e. The average Bonchev–Trinajstić information content (AvgIpc) is 3.08. The third-order valence-electron chi connectivity index (χ3n) is 5.37. The van der Waals surface area contributed by atoms with Gasteiger partial charge < -0.3 is 14.4 Å². The molecule has 1 atom stereocenters. The summed E-state index contributed by atoms with van der Waals surface area (Å²) in [7, 11) is 6.56. The van der Waals surface area contributed by atoms with Crippen molar-refractivity contribution in [1.82, 2.24) is 24.3 Å². The van der Waals surface area contributed by atoms with Crippen molar-refractivity contribution >= 4 is 0 Å². The van der Waals surface area contributed by atoms with Crippen molar-refractivity contribution in [3.8, 4) is 5.69 Å². The Morgan fingerprint density at radius 2 is 2.04 bits per heavy atom. The minimum atomic E-state index is 0.645. The maximum atomic E-state index is 4.65. The molecule has 0 radical (unpaired) electrons. The largest absolute Gasteiger partial charge is 0.308 e. The predicted octanol–water partition coefficient (Wildman–Crippen LogP) is 2.64. The molecule has 1 aliphatic rings. The van der Waals surface area contributed by atoms with Crippen molar-refractivity contribution in [3.05, 3.63) is 48.0 Å². The molecule has 0 bridgehead atoms. The molecule has 1 saturated heterocycles. The maximum Gasteiger partial charge on any atom is 0.127 e. The van der Waals surface area contributed by atoms with Gasteiger partial charge in [-0.2, -0.15) is 0 Å². The fourth-order valence-corrected chi connectivity index (χ4v) is 3.74. The van der Waals surface area contributed by atoms with Crippen molar-refractivity contribution < 1.29 is 0 Å².